The first-order valence-corrected chi connectivity index (χ1v) is 11.5. The van der Waals surface area contributed by atoms with Crippen molar-refractivity contribution in [3.05, 3.63) is 11.6 Å². The molecular formula is C24H36O6. The maximum atomic E-state index is 12.1. The second kappa shape index (κ2) is 7.33. The Morgan fingerprint density at radius 1 is 1.17 bits per heavy atom. The number of esters is 1. The van der Waals surface area contributed by atoms with Crippen LogP contribution in [0.4, 0.5) is 0 Å². The molecule has 3 fully saturated rings. The van der Waals surface area contributed by atoms with Crippen molar-refractivity contribution in [3.8, 4) is 0 Å². The molecule has 2 bridgehead atoms. The first kappa shape index (κ1) is 21.8. The summed E-state index contributed by atoms with van der Waals surface area (Å²) in [6, 6.07) is 0. The number of aliphatic carboxylic acids is 1. The number of hydrogen-bond donors (Lipinski definition) is 1. The van der Waals surface area contributed by atoms with Crippen LogP contribution in [0.25, 0.3) is 0 Å². The highest BCUT2D eigenvalue weighted by Gasteiger charge is 2.68. The van der Waals surface area contributed by atoms with E-state index in [1.165, 1.54) is 5.57 Å². The van der Waals surface area contributed by atoms with E-state index in [0.717, 1.165) is 44.9 Å². The first-order chi connectivity index (χ1) is 14.1. The molecule has 0 aromatic heterocycles. The fraction of sp³-hybridized carbons (Fsp3) is 0.833. The van der Waals surface area contributed by atoms with Gasteiger partial charge in [-0.2, -0.15) is 0 Å². The van der Waals surface area contributed by atoms with Crippen LogP contribution in [0, 0.1) is 22.7 Å². The summed E-state index contributed by atoms with van der Waals surface area (Å²) in [7, 11) is 0. The summed E-state index contributed by atoms with van der Waals surface area (Å²) in [4.78, 5) is 35.3. The molecule has 1 N–H and O–H groups in total. The Morgan fingerprint density at radius 2 is 1.93 bits per heavy atom. The number of carbonyl (C=O) groups excluding carboxylic acids is 1. The lowest BCUT2D eigenvalue weighted by molar-refractivity contribution is -0.465. The van der Waals surface area contributed by atoms with Crippen molar-refractivity contribution in [2.75, 3.05) is 6.61 Å². The van der Waals surface area contributed by atoms with Crippen LogP contribution in [-0.2, 0) is 24.1 Å². The Hall–Kier alpha value is -1.40. The van der Waals surface area contributed by atoms with Gasteiger partial charge in [-0.3, -0.25) is 9.59 Å². The van der Waals surface area contributed by atoms with Gasteiger partial charge in [-0.1, -0.05) is 34.1 Å². The summed E-state index contributed by atoms with van der Waals surface area (Å²) in [6.45, 7) is 9.32. The average Bonchev–Trinajstić information content (AvgIpc) is 2.71. The highest BCUT2D eigenvalue weighted by atomic mass is 17.2. The fourth-order valence-electron chi connectivity index (χ4n) is 7.02. The molecule has 5 atom stereocenters. The second-order valence-electron chi connectivity index (χ2n) is 10.8. The van der Waals surface area contributed by atoms with Crippen molar-refractivity contribution in [2.24, 2.45) is 22.7 Å². The van der Waals surface area contributed by atoms with E-state index >= 15 is 0 Å². The molecular weight excluding hydrogens is 384 g/mol. The van der Waals surface area contributed by atoms with Crippen LogP contribution in [-0.4, -0.2) is 34.9 Å². The minimum atomic E-state index is -0.974. The maximum absolute atomic E-state index is 12.1. The van der Waals surface area contributed by atoms with Gasteiger partial charge in [0.05, 0.1) is 19.4 Å². The van der Waals surface area contributed by atoms with E-state index in [1.54, 1.807) is 0 Å². The topological polar surface area (TPSA) is 82.1 Å². The summed E-state index contributed by atoms with van der Waals surface area (Å²) in [5.74, 6) is -0.664. The van der Waals surface area contributed by atoms with Crippen LogP contribution >= 0.6 is 0 Å². The van der Waals surface area contributed by atoms with E-state index in [2.05, 4.69) is 33.8 Å². The standard InChI is InChI=1S/C24H36O6/c1-16(2)23-12-13-24(30-29-23)17(14-23)6-7-18-21(3,10-5-11-22(18,24)4)15-28-20(27)9-8-19(25)26/h14,16,18H,5-13,15H2,1-4H3,(H,25,26)/t18-,21-,22-,23+,24-/m0/s1. The second-order valence-corrected chi connectivity index (χ2v) is 10.8. The molecule has 0 unspecified atom stereocenters. The molecule has 2 aliphatic heterocycles. The van der Waals surface area contributed by atoms with Crippen molar-refractivity contribution in [1.29, 1.82) is 0 Å². The van der Waals surface area contributed by atoms with Gasteiger partial charge < -0.3 is 9.84 Å². The predicted molar refractivity (Wildman–Crippen MR) is 110 cm³/mol. The summed E-state index contributed by atoms with van der Waals surface area (Å²) in [5, 5.41) is 8.80. The molecule has 1 spiro atoms. The van der Waals surface area contributed by atoms with E-state index in [9.17, 15) is 9.59 Å². The highest BCUT2D eigenvalue weighted by molar-refractivity contribution is 5.76. The quantitative estimate of drug-likeness (QED) is 0.377. The number of carbonyl (C=O) groups is 2. The molecule has 1 saturated heterocycles. The minimum absolute atomic E-state index is 0.0683. The monoisotopic (exact) mass is 420 g/mol. The number of rotatable bonds is 6. The Morgan fingerprint density at radius 3 is 2.57 bits per heavy atom. The Bertz CT molecular complexity index is 747. The fourth-order valence-corrected chi connectivity index (χ4v) is 7.02. The van der Waals surface area contributed by atoms with Gasteiger partial charge in [0, 0.05) is 10.8 Å². The summed E-state index contributed by atoms with van der Waals surface area (Å²) in [5.41, 5.74) is 0.537. The van der Waals surface area contributed by atoms with Gasteiger partial charge in [0.15, 0.2) is 0 Å². The Labute approximate surface area is 179 Å². The lowest BCUT2D eigenvalue weighted by atomic mass is 9.43. The van der Waals surface area contributed by atoms with Crippen molar-refractivity contribution in [3.63, 3.8) is 0 Å². The molecule has 168 valence electrons. The normalized spacial score (nSPS) is 42.3. The largest absolute Gasteiger partial charge is 0.481 e. The molecule has 2 saturated carbocycles. The molecule has 0 aromatic carbocycles. The van der Waals surface area contributed by atoms with Crippen molar-refractivity contribution < 1.29 is 29.2 Å². The number of hydrogen-bond acceptors (Lipinski definition) is 5. The van der Waals surface area contributed by atoms with Gasteiger partial charge in [0.1, 0.15) is 11.2 Å². The van der Waals surface area contributed by atoms with Gasteiger partial charge in [-0.25, -0.2) is 9.78 Å². The summed E-state index contributed by atoms with van der Waals surface area (Å²) >= 11 is 0. The number of ether oxygens (including phenoxy) is 1. The van der Waals surface area contributed by atoms with Crippen LogP contribution in [0.2, 0.25) is 0 Å². The van der Waals surface area contributed by atoms with Crippen LogP contribution in [0.15, 0.2) is 11.6 Å². The highest BCUT2D eigenvalue weighted by Crippen LogP contribution is 2.68. The van der Waals surface area contributed by atoms with Crippen LogP contribution < -0.4 is 0 Å². The third kappa shape index (κ3) is 3.13. The Kier molecular flexibility index (Phi) is 5.33. The smallest absolute Gasteiger partial charge is 0.306 e. The van der Waals surface area contributed by atoms with E-state index in [-0.39, 0.29) is 34.9 Å². The zero-order chi connectivity index (χ0) is 21.8. The van der Waals surface area contributed by atoms with Crippen molar-refractivity contribution in [2.45, 2.75) is 96.7 Å². The average molecular weight is 421 g/mol. The first-order valence-electron chi connectivity index (χ1n) is 11.5. The molecule has 30 heavy (non-hydrogen) atoms. The number of fused-ring (bicyclic) bond motifs is 3. The number of carboxylic acids is 1. The molecule has 2 heterocycles. The number of carboxylic acid groups (broad SMARTS) is 1. The van der Waals surface area contributed by atoms with E-state index in [4.69, 9.17) is 19.6 Å². The van der Waals surface area contributed by atoms with Gasteiger partial charge in [0.25, 0.3) is 0 Å². The molecule has 0 amide bonds. The molecule has 6 nitrogen and oxygen atoms in total. The molecule has 5 rings (SSSR count). The molecule has 3 aliphatic carbocycles. The third-order valence-corrected chi connectivity index (χ3v) is 8.91. The third-order valence-electron chi connectivity index (χ3n) is 8.91. The van der Waals surface area contributed by atoms with E-state index < -0.39 is 11.9 Å². The van der Waals surface area contributed by atoms with Crippen LogP contribution in [0.5, 0.6) is 0 Å². The summed E-state index contributed by atoms with van der Waals surface area (Å²) in [6.07, 6.45) is 9.30. The van der Waals surface area contributed by atoms with Gasteiger partial charge >= 0.3 is 11.9 Å². The predicted octanol–water partition coefficient (Wildman–Crippen LogP) is 4.82. The van der Waals surface area contributed by atoms with Crippen molar-refractivity contribution in [1.82, 2.24) is 0 Å². The van der Waals surface area contributed by atoms with Crippen molar-refractivity contribution >= 4 is 11.9 Å². The molecule has 6 heteroatoms. The molecule has 0 aromatic rings. The lowest BCUT2D eigenvalue weighted by Gasteiger charge is -2.67. The van der Waals surface area contributed by atoms with Gasteiger partial charge in [-0.15, -0.1) is 0 Å². The van der Waals surface area contributed by atoms with Crippen LogP contribution in [0.1, 0.15) is 85.5 Å². The molecule has 5 aliphatic rings. The zero-order valence-electron chi connectivity index (χ0n) is 18.8. The van der Waals surface area contributed by atoms with Gasteiger partial charge in [0.2, 0.25) is 0 Å². The molecule has 0 radical (unpaired) electrons. The zero-order valence-corrected chi connectivity index (χ0v) is 18.8. The summed E-state index contributed by atoms with van der Waals surface area (Å²) < 4.78 is 5.60. The Balaban J connectivity index is 1.56. The van der Waals surface area contributed by atoms with E-state index in [1.807, 2.05) is 0 Å². The minimum Gasteiger partial charge on any atom is -0.481 e. The SMILES string of the molecule is CC(C)[C@]12C=C3CC[C@H]4[C@](C)(COC(=O)CCC(=O)O)CCC[C@]4(C)[C@@]3(CC1)OO2. The maximum Gasteiger partial charge on any atom is 0.306 e. The van der Waals surface area contributed by atoms with Gasteiger partial charge in [-0.05, 0) is 62.0 Å². The van der Waals surface area contributed by atoms with Crippen LogP contribution in [0.3, 0.4) is 0 Å². The lowest BCUT2D eigenvalue weighted by Crippen LogP contribution is -2.67. The van der Waals surface area contributed by atoms with E-state index in [0.29, 0.717) is 18.4 Å².